The second-order valence-electron chi connectivity index (χ2n) is 12.3. The third-order valence-electron chi connectivity index (χ3n) is 9.90. The molecule has 6 nitrogen and oxygen atoms in total. The van der Waals surface area contributed by atoms with Crippen molar-refractivity contribution in [1.29, 1.82) is 0 Å². The third-order valence-corrected chi connectivity index (χ3v) is 9.90. The van der Waals surface area contributed by atoms with E-state index in [-0.39, 0.29) is 0 Å². The molecular weight excluding hydrogens is 589 g/mol. The molecule has 0 amide bonds. The van der Waals surface area contributed by atoms with Crippen LogP contribution in [0.4, 0.5) is 5.69 Å². The van der Waals surface area contributed by atoms with Gasteiger partial charge in [0, 0.05) is 44.1 Å². The van der Waals surface area contributed by atoms with E-state index < -0.39 is 0 Å². The Balaban J connectivity index is 1.39. The maximum absolute atomic E-state index is 7.45. The predicted molar refractivity (Wildman–Crippen MR) is 196 cm³/mol. The fraction of sp³-hybridized carbons (Fsp3) is 0. The number of hydrogen-bond donors (Lipinski definition) is 0. The molecule has 0 N–H and O–H groups in total. The molecule has 48 heavy (non-hydrogen) atoms. The summed E-state index contributed by atoms with van der Waals surface area (Å²) in [5.74, 6) is 0.581. The lowest BCUT2D eigenvalue weighted by atomic mass is 10.00. The lowest BCUT2D eigenvalue weighted by Gasteiger charge is -2.12. The zero-order valence-electron chi connectivity index (χ0n) is 25.4. The molecular formula is C42H22N6. The van der Waals surface area contributed by atoms with Crippen LogP contribution in [0.1, 0.15) is 0 Å². The van der Waals surface area contributed by atoms with Gasteiger partial charge in [-0.1, -0.05) is 91.0 Å². The number of nitrogens with zero attached hydrogens (tertiary/aromatic N) is 6. The van der Waals surface area contributed by atoms with Crippen molar-refractivity contribution in [2.24, 2.45) is 0 Å². The monoisotopic (exact) mass is 610 g/mol. The minimum absolute atomic E-state index is 0.581. The summed E-state index contributed by atoms with van der Waals surface area (Å²) in [6, 6.07) is 44.3. The van der Waals surface area contributed by atoms with Crippen molar-refractivity contribution in [2.75, 3.05) is 0 Å². The number of rotatable bonds is 2. The minimum Gasteiger partial charge on any atom is -0.308 e. The van der Waals surface area contributed by atoms with Crippen molar-refractivity contribution >= 4 is 87.4 Å². The molecule has 11 aromatic rings. The highest BCUT2D eigenvalue weighted by Gasteiger charge is 2.26. The number of hydrogen-bond acceptors (Lipinski definition) is 3. The number of para-hydroxylation sites is 2. The molecule has 0 unspecified atom stereocenters. The summed E-state index contributed by atoms with van der Waals surface area (Å²) in [6.07, 6.45) is 1.78. The first-order chi connectivity index (χ1) is 23.8. The van der Waals surface area contributed by atoms with Crippen LogP contribution in [0.3, 0.4) is 0 Å². The van der Waals surface area contributed by atoms with Crippen LogP contribution in [-0.4, -0.2) is 23.9 Å². The SMILES string of the molecule is [C-]#[N+]c1ccc(-c2nc(-n3c4ccccc4c4cc5c6ccccc6n6c7ccc8ccccc8c7c(c43)c56)nc3cccnc23)cc1. The van der Waals surface area contributed by atoms with Crippen LogP contribution in [0.15, 0.2) is 134 Å². The van der Waals surface area contributed by atoms with Crippen molar-refractivity contribution in [3.05, 3.63) is 145 Å². The molecule has 0 bridgehead atoms. The van der Waals surface area contributed by atoms with E-state index in [1.54, 1.807) is 6.20 Å². The smallest absolute Gasteiger partial charge is 0.235 e. The van der Waals surface area contributed by atoms with Crippen molar-refractivity contribution in [3.8, 4) is 17.2 Å². The first-order valence-electron chi connectivity index (χ1n) is 15.9. The van der Waals surface area contributed by atoms with Crippen LogP contribution in [0.5, 0.6) is 0 Å². The molecule has 0 spiro atoms. The molecule has 6 heteroatoms. The van der Waals surface area contributed by atoms with Gasteiger partial charge in [0.15, 0.2) is 5.69 Å². The summed E-state index contributed by atoms with van der Waals surface area (Å²) in [7, 11) is 0. The molecule has 0 radical (unpaired) electrons. The Morgan fingerprint density at radius 3 is 2.12 bits per heavy atom. The van der Waals surface area contributed by atoms with E-state index in [1.807, 2.05) is 36.4 Å². The van der Waals surface area contributed by atoms with Crippen molar-refractivity contribution < 1.29 is 0 Å². The van der Waals surface area contributed by atoms with E-state index in [9.17, 15) is 0 Å². The summed E-state index contributed by atoms with van der Waals surface area (Å²) in [5, 5.41) is 9.63. The molecule has 0 fully saturated rings. The van der Waals surface area contributed by atoms with Crippen LogP contribution >= 0.6 is 0 Å². The Bertz CT molecular complexity index is 3180. The fourth-order valence-corrected chi connectivity index (χ4v) is 7.93. The molecule has 0 aliphatic heterocycles. The molecule has 0 aliphatic rings. The van der Waals surface area contributed by atoms with Gasteiger partial charge in [0.1, 0.15) is 11.2 Å². The lowest BCUT2D eigenvalue weighted by molar-refractivity contribution is 1.01. The molecule has 220 valence electrons. The zero-order chi connectivity index (χ0) is 31.5. The second-order valence-corrected chi connectivity index (χ2v) is 12.3. The van der Waals surface area contributed by atoms with Gasteiger partial charge in [-0.05, 0) is 47.2 Å². The van der Waals surface area contributed by atoms with Gasteiger partial charge in [-0.3, -0.25) is 9.55 Å². The standard InChI is InChI=1S/C42H22N6/c1-43-26-19-16-25(17-20-26)38-39-32(13-8-22-44-39)45-42(46-38)48-34-15-7-5-12-29(34)31-23-30-28-11-4-6-14-33(28)47-35-21-18-24-9-2-3-10-27(24)36(35)37(40(30)47)41(31)48/h2-23H. The Morgan fingerprint density at radius 2 is 1.29 bits per heavy atom. The van der Waals surface area contributed by atoms with Crippen LogP contribution in [0, 0.1) is 6.57 Å². The molecule has 5 aromatic heterocycles. The Labute approximate surface area is 272 Å². The van der Waals surface area contributed by atoms with Gasteiger partial charge in [0.05, 0.1) is 39.7 Å². The average Bonchev–Trinajstić information content (AvgIpc) is 3.79. The highest BCUT2D eigenvalue weighted by molar-refractivity contribution is 6.37. The number of fused-ring (bicyclic) bond motifs is 13. The van der Waals surface area contributed by atoms with Gasteiger partial charge >= 0.3 is 0 Å². The van der Waals surface area contributed by atoms with E-state index in [4.69, 9.17) is 21.5 Å². The van der Waals surface area contributed by atoms with Crippen LogP contribution < -0.4 is 0 Å². The maximum Gasteiger partial charge on any atom is 0.235 e. The quantitative estimate of drug-likeness (QED) is 0.183. The normalized spacial score (nSPS) is 12.1. The minimum atomic E-state index is 0.581. The first kappa shape index (κ1) is 25.4. The van der Waals surface area contributed by atoms with E-state index in [2.05, 4.69) is 105 Å². The first-order valence-corrected chi connectivity index (χ1v) is 15.9. The Kier molecular flexibility index (Phi) is 4.82. The molecule has 5 heterocycles. The number of pyridine rings is 1. The molecule has 0 aliphatic carbocycles. The average molecular weight is 611 g/mol. The summed E-state index contributed by atoms with van der Waals surface area (Å²) in [6.45, 7) is 7.45. The highest BCUT2D eigenvalue weighted by Crippen LogP contribution is 2.47. The van der Waals surface area contributed by atoms with Gasteiger partial charge in [0.25, 0.3) is 0 Å². The predicted octanol–water partition coefficient (Wildman–Crippen LogP) is 10.6. The Morgan fingerprint density at radius 1 is 0.562 bits per heavy atom. The van der Waals surface area contributed by atoms with E-state index in [0.29, 0.717) is 11.6 Å². The zero-order valence-corrected chi connectivity index (χ0v) is 25.4. The van der Waals surface area contributed by atoms with Gasteiger partial charge in [-0.25, -0.2) is 14.8 Å². The second kappa shape index (κ2) is 9.12. The van der Waals surface area contributed by atoms with Crippen LogP contribution in [0.2, 0.25) is 0 Å². The maximum atomic E-state index is 7.45. The largest absolute Gasteiger partial charge is 0.308 e. The fourth-order valence-electron chi connectivity index (χ4n) is 7.93. The van der Waals surface area contributed by atoms with E-state index in [1.165, 1.54) is 48.9 Å². The summed E-state index contributed by atoms with van der Waals surface area (Å²) in [5.41, 5.74) is 9.40. The highest BCUT2D eigenvalue weighted by atomic mass is 15.2. The number of aromatic nitrogens is 5. The van der Waals surface area contributed by atoms with Gasteiger partial charge < -0.3 is 4.40 Å². The summed E-state index contributed by atoms with van der Waals surface area (Å²) in [4.78, 5) is 18.8. The molecule has 11 rings (SSSR count). The molecule has 6 aromatic carbocycles. The molecule has 0 atom stereocenters. The van der Waals surface area contributed by atoms with Crippen molar-refractivity contribution in [3.63, 3.8) is 0 Å². The molecule has 0 saturated carbocycles. The Hall–Kier alpha value is -6.84. The summed E-state index contributed by atoms with van der Waals surface area (Å²) >= 11 is 0. The third kappa shape index (κ3) is 3.17. The lowest BCUT2D eigenvalue weighted by Crippen LogP contribution is -2.04. The van der Waals surface area contributed by atoms with E-state index >= 15 is 0 Å². The molecule has 0 saturated heterocycles. The van der Waals surface area contributed by atoms with E-state index in [0.717, 1.165) is 44.1 Å². The number of benzene rings is 6. The van der Waals surface area contributed by atoms with Crippen molar-refractivity contribution in [1.82, 2.24) is 23.9 Å². The van der Waals surface area contributed by atoms with Crippen LogP contribution in [-0.2, 0) is 0 Å². The van der Waals surface area contributed by atoms with Crippen LogP contribution in [0.25, 0.3) is 104 Å². The topological polar surface area (TPSA) is 52.4 Å². The van der Waals surface area contributed by atoms with Gasteiger partial charge in [-0.2, -0.15) is 0 Å². The summed E-state index contributed by atoms with van der Waals surface area (Å²) < 4.78 is 4.69. The van der Waals surface area contributed by atoms with Gasteiger partial charge in [0.2, 0.25) is 5.95 Å². The van der Waals surface area contributed by atoms with Gasteiger partial charge in [-0.15, -0.1) is 0 Å². The van der Waals surface area contributed by atoms with Crippen molar-refractivity contribution in [2.45, 2.75) is 0 Å².